The molecule has 0 radical (unpaired) electrons. The molecule has 1 unspecified atom stereocenters. The molecule has 0 aliphatic heterocycles. The summed E-state index contributed by atoms with van der Waals surface area (Å²) in [5, 5.41) is 3.82. The Morgan fingerprint density at radius 3 is 2.87 bits per heavy atom. The van der Waals surface area contributed by atoms with Gasteiger partial charge in [0.1, 0.15) is 0 Å². The third kappa shape index (κ3) is 3.97. The van der Waals surface area contributed by atoms with Crippen LogP contribution in [0.5, 0.6) is 0 Å². The Morgan fingerprint density at radius 2 is 2.20 bits per heavy atom. The number of hydrogen-bond donors (Lipinski definition) is 1. The lowest BCUT2D eigenvalue weighted by molar-refractivity contribution is 0.119. The van der Waals surface area contributed by atoms with Crippen LogP contribution in [-0.2, 0) is 11.2 Å². The van der Waals surface area contributed by atoms with Crippen LogP contribution in [0.1, 0.15) is 44.4 Å². The molecule has 5 heteroatoms. The Bertz CT molecular complexity index is 275. The summed E-state index contributed by atoms with van der Waals surface area (Å²) in [4.78, 5) is 4.20. The highest BCUT2D eigenvalue weighted by atomic mass is 16.5. The van der Waals surface area contributed by atoms with Gasteiger partial charge in [-0.15, -0.1) is 0 Å². The lowest BCUT2D eigenvalue weighted by Gasteiger charge is -2.06. The summed E-state index contributed by atoms with van der Waals surface area (Å²) in [6.45, 7) is 5.28. The fourth-order valence-corrected chi connectivity index (χ4v) is 1.16. The van der Waals surface area contributed by atoms with Gasteiger partial charge in [-0.3, -0.25) is 0 Å². The van der Waals surface area contributed by atoms with Crippen molar-refractivity contribution in [3.63, 3.8) is 0 Å². The topological polar surface area (TPSA) is 74.2 Å². The van der Waals surface area contributed by atoms with Crippen LogP contribution in [-0.4, -0.2) is 23.4 Å². The van der Waals surface area contributed by atoms with Gasteiger partial charge in [0.15, 0.2) is 5.82 Å². The first-order valence-electron chi connectivity index (χ1n) is 5.43. The Morgan fingerprint density at radius 1 is 1.40 bits per heavy atom. The minimum Gasteiger partial charge on any atom is -0.379 e. The van der Waals surface area contributed by atoms with Gasteiger partial charge in [-0.1, -0.05) is 19.0 Å². The van der Waals surface area contributed by atoms with E-state index >= 15 is 0 Å². The minimum atomic E-state index is -0.286. The smallest absolute Gasteiger partial charge is 0.226 e. The number of rotatable bonds is 7. The first-order chi connectivity index (χ1) is 7.27. The molecule has 0 bridgehead atoms. The van der Waals surface area contributed by atoms with Crippen LogP contribution < -0.4 is 5.73 Å². The van der Waals surface area contributed by atoms with Crippen molar-refractivity contribution in [2.45, 2.75) is 39.2 Å². The van der Waals surface area contributed by atoms with Crippen molar-refractivity contribution in [2.24, 2.45) is 5.73 Å². The third-order valence-corrected chi connectivity index (χ3v) is 1.93. The molecule has 0 saturated heterocycles. The maximum absolute atomic E-state index is 5.84. The molecule has 0 aromatic carbocycles. The quantitative estimate of drug-likeness (QED) is 0.694. The van der Waals surface area contributed by atoms with Crippen LogP contribution >= 0.6 is 0 Å². The molecule has 1 atom stereocenters. The van der Waals surface area contributed by atoms with Crippen molar-refractivity contribution in [2.75, 3.05) is 13.2 Å². The number of aromatic nitrogens is 2. The fourth-order valence-electron chi connectivity index (χ4n) is 1.16. The van der Waals surface area contributed by atoms with Gasteiger partial charge in [-0.25, -0.2) is 0 Å². The number of ether oxygens (including phenoxy) is 1. The summed E-state index contributed by atoms with van der Waals surface area (Å²) < 4.78 is 10.4. The molecule has 0 aliphatic carbocycles. The summed E-state index contributed by atoms with van der Waals surface area (Å²) in [7, 11) is 0. The van der Waals surface area contributed by atoms with Crippen LogP contribution in [0.15, 0.2) is 4.52 Å². The zero-order valence-corrected chi connectivity index (χ0v) is 9.40. The second-order valence-electron chi connectivity index (χ2n) is 3.48. The van der Waals surface area contributed by atoms with Gasteiger partial charge in [0.2, 0.25) is 5.89 Å². The van der Waals surface area contributed by atoms with E-state index in [9.17, 15) is 0 Å². The Labute approximate surface area is 90.0 Å². The van der Waals surface area contributed by atoms with E-state index in [0.717, 1.165) is 19.3 Å². The van der Waals surface area contributed by atoms with Gasteiger partial charge in [-0.2, -0.15) is 4.98 Å². The van der Waals surface area contributed by atoms with Gasteiger partial charge in [0.25, 0.3) is 0 Å². The van der Waals surface area contributed by atoms with Crippen molar-refractivity contribution >= 4 is 0 Å². The zero-order valence-electron chi connectivity index (χ0n) is 9.40. The summed E-state index contributed by atoms with van der Waals surface area (Å²) in [6.07, 6.45) is 2.78. The molecule has 86 valence electrons. The molecule has 15 heavy (non-hydrogen) atoms. The minimum absolute atomic E-state index is 0.286. The van der Waals surface area contributed by atoms with Crippen LogP contribution in [0, 0.1) is 0 Å². The van der Waals surface area contributed by atoms with Crippen LogP contribution in [0.2, 0.25) is 0 Å². The highest BCUT2D eigenvalue weighted by Crippen LogP contribution is 2.08. The van der Waals surface area contributed by atoms with E-state index in [0.29, 0.717) is 24.9 Å². The molecule has 0 aliphatic rings. The highest BCUT2D eigenvalue weighted by molar-refractivity contribution is 4.92. The molecular formula is C10H19N3O2. The molecule has 1 aromatic rings. The van der Waals surface area contributed by atoms with E-state index in [1.54, 1.807) is 0 Å². The standard InChI is InChI=1S/C10H19N3O2/c1-3-5-9-12-10(13-15-9)8(11)7-14-6-4-2/h8H,3-7,11H2,1-2H3. The van der Waals surface area contributed by atoms with Crippen molar-refractivity contribution in [1.29, 1.82) is 0 Å². The Hall–Kier alpha value is -0.940. The van der Waals surface area contributed by atoms with E-state index in [4.69, 9.17) is 15.0 Å². The predicted molar refractivity (Wildman–Crippen MR) is 56.3 cm³/mol. The molecule has 0 saturated carbocycles. The molecule has 0 spiro atoms. The second kappa shape index (κ2) is 6.53. The maximum Gasteiger partial charge on any atom is 0.226 e. The van der Waals surface area contributed by atoms with Crippen molar-refractivity contribution in [3.8, 4) is 0 Å². The lowest BCUT2D eigenvalue weighted by atomic mass is 10.3. The van der Waals surface area contributed by atoms with Crippen LogP contribution in [0.25, 0.3) is 0 Å². The lowest BCUT2D eigenvalue weighted by Crippen LogP contribution is -2.18. The van der Waals surface area contributed by atoms with Crippen molar-refractivity contribution < 1.29 is 9.26 Å². The molecule has 0 fully saturated rings. The normalized spacial score (nSPS) is 13.0. The molecule has 2 N–H and O–H groups in total. The Kier molecular flexibility index (Phi) is 5.28. The van der Waals surface area contributed by atoms with E-state index in [1.165, 1.54) is 0 Å². The van der Waals surface area contributed by atoms with Gasteiger partial charge in [-0.05, 0) is 12.8 Å². The summed E-state index contributed by atoms with van der Waals surface area (Å²) in [5.74, 6) is 1.19. The first-order valence-corrected chi connectivity index (χ1v) is 5.43. The average Bonchev–Trinajstić information content (AvgIpc) is 2.67. The van der Waals surface area contributed by atoms with Crippen LogP contribution in [0.4, 0.5) is 0 Å². The highest BCUT2D eigenvalue weighted by Gasteiger charge is 2.13. The molecule has 1 rings (SSSR count). The molecule has 0 amide bonds. The second-order valence-corrected chi connectivity index (χ2v) is 3.48. The zero-order chi connectivity index (χ0) is 11.1. The first kappa shape index (κ1) is 12.1. The van der Waals surface area contributed by atoms with E-state index in [-0.39, 0.29) is 6.04 Å². The van der Waals surface area contributed by atoms with E-state index < -0.39 is 0 Å². The summed E-state index contributed by atoms with van der Waals surface area (Å²) >= 11 is 0. The van der Waals surface area contributed by atoms with Crippen molar-refractivity contribution in [1.82, 2.24) is 10.1 Å². The SMILES string of the molecule is CCCOCC(N)c1noc(CCC)n1. The molecule has 5 nitrogen and oxygen atoms in total. The number of hydrogen-bond acceptors (Lipinski definition) is 5. The van der Waals surface area contributed by atoms with Crippen LogP contribution in [0.3, 0.4) is 0 Å². The number of aryl methyl sites for hydroxylation is 1. The monoisotopic (exact) mass is 213 g/mol. The van der Waals surface area contributed by atoms with Gasteiger partial charge < -0.3 is 15.0 Å². The largest absolute Gasteiger partial charge is 0.379 e. The van der Waals surface area contributed by atoms with Crippen molar-refractivity contribution in [3.05, 3.63) is 11.7 Å². The summed E-state index contributed by atoms with van der Waals surface area (Å²) in [6, 6.07) is -0.286. The van der Waals surface area contributed by atoms with E-state index in [2.05, 4.69) is 24.0 Å². The Balaban J connectivity index is 2.39. The third-order valence-electron chi connectivity index (χ3n) is 1.93. The maximum atomic E-state index is 5.84. The number of nitrogens with zero attached hydrogens (tertiary/aromatic N) is 2. The molecular weight excluding hydrogens is 194 g/mol. The summed E-state index contributed by atoms with van der Waals surface area (Å²) in [5.41, 5.74) is 5.84. The van der Waals surface area contributed by atoms with Gasteiger partial charge >= 0.3 is 0 Å². The van der Waals surface area contributed by atoms with Gasteiger partial charge in [0, 0.05) is 13.0 Å². The van der Waals surface area contributed by atoms with Gasteiger partial charge in [0.05, 0.1) is 12.6 Å². The predicted octanol–water partition coefficient (Wildman–Crippen LogP) is 1.45. The average molecular weight is 213 g/mol. The number of nitrogens with two attached hydrogens (primary N) is 1. The molecule has 1 heterocycles. The van der Waals surface area contributed by atoms with E-state index in [1.807, 2.05) is 0 Å². The fraction of sp³-hybridized carbons (Fsp3) is 0.800. The molecule has 1 aromatic heterocycles.